The van der Waals surface area contributed by atoms with Gasteiger partial charge in [0.15, 0.2) is 0 Å². The zero-order valence-corrected chi connectivity index (χ0v) is 45.1. The second-order valence-electron chi connectivity index (χ2n) is 19.7. The van der Waals surface area contributed by atoms with Gasteiger partial charge in [-0.05, 0) is 85.4 Å². The van der Waals surface area contributed by atoms with Crippen molar-refractivity contribution in [2.45, 2.75) is 38.5 Å². The van der Waals surface area contributed by atoms with Crippen molar-refractivity contribution in [2.75, 3.05) is 0 Å². The second-order valence-corrected chi connectivity index (χ2v) is 22.9. The fraction of sp³-hybridized carbons (Fsp3) is 0.0938. The summed E-state index contributed by atoms with van der Waals surface area (Å²) in [6.45, 7) is 8.04. The molecule has 0 amide bonds. The Bertz CT molecular complexity index is 4190. The second kappa shape index (κ2) is 18.3. The Hall–Kier alpha value is -9.12. The van der Waals surface area contributed by atoms with Crippen LogP contribution < -0.4 is 0 Å². The molecule has 2 aliphatic rings. The number of rotatable bonds is 8. The van der Waals surface area contributed by atoms with E-state index in [-0.39, 0.29) is 33.4 Å². The van der Waals surface area contributed by atoms with Crippen LogP contribution in [0, 0.1) is 84.7 Å². The molecule has 8 nitrogen and oxygen atoms in total. The van der Waals surface area contributed by atoms with Crippen molar-refractivity contribution in [3.63, 3.8) is 0 Å². The highest BCUT2D eigenvalue weighted by molar-refractivity contribution is 7.20. The quantitative estimate of drug-likeness (QED) is 0.137. The van der Waals surface area contributed by atoms with Crippen LogP contribution in [-0.4, -0.2) is 17.5 Å². The molecule has 7 aromatic carbocycles. The van der Waals surface area contributed by atoms with Gasteiger partial charge in [-0.25, -0.2) is 8.78 Å². The maximum atomic E-state index is 20.1. The zero-order valence-electron chi connectivity index (χ0n) is 41.8. The van der Waals surface area contributed by atoms with Crippen LogP contribution in [0.1, 0.15) is 77.9 Å². The first-order chi connectivity index (χ1) is 37.9. The number of hydrogen-bond donors (Lipinski definition) is 0. The molecule has 0 N–H and O–H groups in total. The van der Waals surface area contributed by atoms with Crippen LogP contribution in [-0.2, 0) is 10.8 Å². The van der Waals surface area contributed by atoms with Crippen molar-refractivity contribution in [1.29, 1.82) is 21.0 Å². The van der Waals surface area contributed by atoms with Crippen LogP contribution in [0.3, 0.4) is 0 Å². The standard InChI is InChI=1S/C64H36F2N8S4/c1-33-5-15-41(16-6-33)63(42-17-7-34(2)8-18-42)47-27-49(45-23-13-39(25-37(29-67)30-68)57-59(45)73-77-71-57)75-61(47)51-53(63)55(65)52-54(56(51)66)64(43-19-9-35(3)10-20-43,44-21-11-36(4)12-22-44)48-28-50(76-62(48)52)46-24-14-40(26-38(31-69)32-70)58-60(46)74-78-72-58/h5-28H,1-4H3. The van der Waals surface area contributed by atoms with Gasteiger partial charge in [-0.1, -0.05) is 144 Å². The molecule has 2 aliphatic carbocycles. The van der Waals surface area contributed by atoms with Crippen LogP contribution in [0.25, 0.3) is 76.0 Å². The van der Waals surface area contributed by atoms with Crippen molar-refractivity contribution in [3.8, 4) is 66.0 Å². The Balaban J connectivity index is 1.17. The van der Waals surface area contributed by atoms with Gasteiger partial charge in [0.1, 0.15) is 69.1 Å². The average molecular weight is 1080 g/mol. The third-order valence-corrected chi connectivity index (χ3v) is 18.7. The van der Waals surface area contributed by atoms with E-state index in [2.05, 4.69) is 20.9 Å². The number of fused-ring (bicyclic) bond motifs is 8. The van der Waals surface area contributed by atoms with Gasteiger partial charge in [0.05, 0.1) is 34.3 Å². The maximum Gasteiger partial charge on any atom is 0.137 e. The number of hydrogen-bond acceptors (Lipinski definition) is 12. The molecule has 370 valence electrons. The molecule has 78 heavy (non-hydrogen) atoms. The van der Waals surface area contributed by atoms with Crippen molar-refractivity contribution in [2.24, 2.45) is 0 Å². The Labute approximate surface area is 463 Å². The normalized spacial score (nSPS) is 13.2. The van der Waals surface area contributed by atoms with E-state index in [9.17, 15) is 21.0 Å². The van der Waals surface area contributed by atoms with Gasteiger partial charge < -0.3 is 0 Å². The lowest BCUT2D eigenvalue weighted by Crippen LogP contribution is -2.32. The number of nitrogens with zero attached hydrogens (tertiary/aromatic N) is 8. The largest absolute Gasteiger partial charge is 0.206 e. The van der Waals surface area contributed by atoms with E-state index >= 15 is 8.78 Å². The van der Waals surface area contributed by atoms with Crippen LogP contribution in [0.4, 0.5) is 8.78 Å². The molecular weight excluding hydrogens is 1050 g/mol. The summed E-state index contributed by atoms with van der Waals surface area (Å²) in [5.74, 6) is -1.06. The van der Waals surface area contributed by atoms with Crippen molar-refractivity contribution < 1.29 is 8.78 Å². The predicted octanol–water partition coefficient (Wildman–Crippen LogP) is 16.3. The molecule has 0 atom stereocenters. The molecule has 0 bridgehead atoms. The van der Waals surface area contributed by atoms with Gasteiger partial charge in [0, 0.05) is 64.0 Å². The van der Waals surface area contributed by atoms with Gasteiger partial charge >= 0.3 is 0 Å². The first-order valence-corrected chi connectivity index (χ1v) is 27.7. The number of aryl methyl sites for hydroxylation is 4. The van der Waals surface area contributed by atoms with E-state index in [4.69, 9.17) is 8.75 Å². The molecule has 0 spiro atoms. The van der Waals surface area contributed by atoms with E-state index in [0.29, 0.717) is 42.9 Å². The molecule has 0 radical (unpaired) electrons. The van der Waals surface area contributed by atoms with Gasteiger partial charge in [-0.2, -0.15) is 38.5 Å². The van der Waals surface area contributed by atoms with Crippen molar-refractivity contribution in [1.82, 2.24) is 17.5 Å². The zero-order chi connectivity index (χ0) is 53.8. The predicted molar refractivity (Wildman–Crippen MR) is 307 cm³/mol. The molecule has 0 unspecified atom stereocenters. The third-order valence-electron chi connectivity index (χ3n) is 15.3. The Morgan fingerprint density at radius 1 is 0.436 bits per heavy atom. The van der Waals surface area contributed by atoms with Gasteiger partial charge in [-0.3, -0.25) is 0 Å². The summed E-state index contributed by atoms with van der Waals surface area (Å²) >= 11 is 4.81. The van der Waals surface area contributed by atoms with Gasteiger partial charge in [-0.15, -0.1) is 22.7 Å². The Morgan fingerprint density at radius 2 is 0.744 bits per heavy atom. The fourth-order valence-electron chi connectivity index (χ4n) is 11.7. The fourth-order valence-corrected chi connectivity index (χ4v) is 15.4. The molecule has 11 aromatic rings. The van der Waals surface area contributed by atoms with Gasteiger partial charge in [0.2, 0.25) is 0 Å². The van der Waals surface area contributed by atoms with Crippen LogP contribution in [0.5, 0.6) is 0 Å². The summed E-state index contributed by atoms with van der Waals surface area (Å²) in [6.07, 6.45) is 3.00. The summed E-state index contributed by atoms with van der Waals surface area (Å²) in [5, 5.41) is 38.6. The van der Waals surface area contributed by atoms with Crippen molar-refractivity contribution >= 4 is 80.3 Å². The van der Waals surface area contributed by atoms with E-state index in [1.165, 1.54) is 34.8 Å². The minimum absolute atomic E-state index is 0.0720. The van der Waals surface area contributed by atoms with Crippen LogP contribution in [0.15, 0.2) is 145 Å². The lowest BCUT2D eigenvalue weighted by Gasteiger charge is -2.36. The number of allylic oxidation sites excluding steroid dienone is 2. The van der Waals surface area contributed by atoms with E-state index in [0.717, 1.165) is 100.0 Å². The van der Waals surface area contributed by atoms with E-state index in [1.54, 1.807) is 0 Å². The lowest BCUT2D eigenvalue weighted by atomic mass is 9.65. The van der Waals surface area contributed by atoms with E-state index in [1.807, 2.05) is 173 Å². The van der Waals surface area contributed by atoms with E-state index < -0.39 is 22.5 Å². The molecule has 4 aromatic heterocycles. The number of nitriles is 4. The summed E-state index contributed by atoms with van der Waals surface area (Å²) in [7, 11) is 0. The summed E-state index contributed by atoms with van der Waals surface area (Å²) < 4.78 is 58.9. The third kappa shape index (κ3) is 6.92. The monoisotopic (exact) mass is 1080 g/mol. The maximum absolute atomic E-state index is 20.1. The topological polar surface area (TPSA) is 147 Å². The Morgan fingerprint density at radius 3 is 1.05 bits per heavy atom. The molecule has 0 fully saturated rings. The minimum Gasteiger partial charge on any atom is -0.206 e. The number of benzene rings is 7. The molecular formula is C64H36F2N8S4. The molecule has 4 heterocycles. The molecule has 13 rings (SSSR count). The summed E-state index contributed by atoms with van der Waals surface area (Å²) in [5.41, 5.74) is 11.2. The highest BCUT2D eigenvalue weighted by Crippen LogP contribution is 2.68. The van der Waals surface area contributed by atoms with Gasteiger partial charge in [0.25, 0.3) is 0 Å². The van der Waals surface area contributed by atoms with Crippen LogP contribution in [0.2, 0.25) is 0 Å². The highest BCUT2D eigenvalue weighted by atomic mass is 32.1. The smallest absolute Gasteiger partial charge is 0.137 e. The summed E-state index contributed by atoms with van der Waals surface area (Å²) in [6, 6.07) is 51.7. The molecule has 0 saturated heterocycles. The molecule has 14 heteroatoms. The van der Waals surface area contributed by atoms with Crippen molar-refractivity contribution in [3.05, 3.63) is 234 Å². The number of thiophene rings is 2. The highest BCUT2D eigenvalue weighted by Gasteiger charge is 2.57. The first-order valence-electron chi connectivity index (χ1n) is 24.6. The van der Waals surface area contributed by atoms with Crippen LogP contribution >= 0.6 is 46.1 Å². The first kappa shape index (κ1) is 48.5. The average Bonchev–Trinajstić information content (AvgIpc) is 2.47. The molecule has 0 aliphatic heterocycles. The number of aromatic nitrogens is 4. The SMILES string of the molecule is Cc1ccc(C2(c3ccc(C)cc3)c3cc(-c4ccc(C=C(C#N)C#N)c5nsnc45)sc3-c3c(F)c4c(c(F)c32)-c2sc(-c3ccc(C=C(C#N)C#N)c5nsnc35)cc2C4(c2ccc(C)cc2)c2ccc(C)cc2)cc1. The Kier molecular flexibility index (Phi) is 11.4. The number of halogens is 2. The minimum atomic E-state index is -1.38. The lowest BCUT2D eigenvalue weighted by molar-refractivity contribution is 0.558. The summed E-state index contributed by atoms with van der Waals surface area (Å²) in [4.78, 5) is 2.68. The molecule has 0 saturated carbocycles.